The number of rotatable bonds is 4. The lowest BCUT2D eigenvalue weighted by Crippen LogP contribution is -2.39. The monoisotopic (exact) mass is 396 g/mol. The molecule has 1 N–H and O–H groups in total. The number of carboxylic acids is 1. The number of fused-ring (bicyclic) bond motifs is 2. The molecule has 5 rings (SSSR count). The molecule has 0 radical (unpaired) electrons. The molecule has 3 aromatic carbocycles. The third-order valence-corrected chi connectivity index (χ3v) is 6.34. The molecule has 4 aromatic rings. The van der Waals surface area contributed by atoms with Crippen LogP contribution in [0.15, 0.2) is 79.1 Å². The standard InChI is InChI=1S/C26H24N2O2/c29-26(30)19-11-14-28(15-12-19)25(21-8-9-22-17-27-13-10-20(22)16-21)24-7-3-5-18-4-1-2-6-23(18)24/h1-10,13,16-17,19,25H,11-12,14-15H2,(H,29,30). The molecule has 1 aromatic heterocycles. The first-order valence-electron chi connectivity index (χ1n) is 10.5. The van der Waals surface area contributed by atoms with E-state index in [4.69, 9.17) is 0 Å². The molecule has 2 heterocycles. The zero-order chi connectivity index (χ0) is 20.5. The van der Waals surface area contributed by atoms with Crippen LogP contribution >= 0.6 is 0 Å². The Labute approximate surface area is 175 Å². The minimum Gasteiger partial charge on any atom is -0.481 e. The summed E-state index contributed by atoms with van der Waals surface area (Å²) in [6, 6.07) is 23.7. The van der Waals surface area contributed by atoms with Crippen molar-refractivity contribution in [1.29, 1.82) is 0 Å². The number of piperidine rings is 1. The van der Waals surface area contributed by atoms with Crippen molar-refractivity contribution in [2.45, 2.75) is 18.9 Å². The van der Waals surface area contributed by atoms with Crippen molar-refractivity contribution in [2.24, 2.45) is 5.92 Å². The van der Waals surface area contributed by atoms with Crippen molar-refractivity contribution in [1.82, 2.24) is 9.88 Å². The van der Waals surface area contributed by atoms with Crippen LogP contribution in [0.5, 0.6) is 0 Å². The van der Waals surface area contributed by atoms with Crippen molar-refractivity contribution in [3.8, 4) is 0 Å². The van der Waals surface area contributed by atoms with E-state index in [9.17, 15) is 9.90 Å². The van der Waals surface area contributed by atoms with Gasteiger partial charge in [-0.2, -0.15) is 0 Å². The van der Waals surface area contributed by atoms with Crippen molar-refractivity contribution in [3.05, 3.63) is 90.3 Å². The van der Waals surface area contributed by atoms with Gasteiger partial charge in [-0.25, -0.2) is 0 Å². The van der Waals surface area contributed by atoms with Gasteiger partial charge in [-0.1, -0.05) is 54.6 Å². The van der Waals surface area contributed by atoms with Crippen LogP contribution in [-0.2, 0) is 4.79 Å². The van der Waals surface area contributed by atoms with Gasteiger partial charge in [0.25, 0.3) is 0 Å². The maximum absolute atomic E-state index is 11.5. The van der Waals surface area contributed by atoms with Gasteiger partial charge in [0.2, 0.25) is 0 Å². The molecule has 4 nitrogen and oxygen atoms in total. The molecule has 1 fully saturated rings. The van der Waals surface area contributed by atoms with E-state index in [-0.39, 0.29) is 12.0 Å². The first kappa shape index (κ1) is 18.8. The van der Waals surface area contributed by atoms with E-state index in [0.717, 1.165) is 18.5 Å². The van der Waals surface area contributed by atoms with Crippen LogP contribution in [0.3, 0.4) is 0 Å². The number of hydrogen-bond donors (Lipinski definition) is 1. The second kappa shape index (κ2) is 7.88. The molecule has 0 spiro atoms. The molecule has 1 aliphatic rings. The predicted octanol–water partition coefficient (Wildman–Crippen LogP) is 5.27. The molecule has 1 unspecified atom stereocenters. The van der Waals surface area contributed by atoms with Crippen LogP contribution in [0.2, 0.25) is 0 Å². The Hall–Kier alpha value is -3.24. The summed E-state index contributed by atoms with van der Waals surface area (Å²) in [5, 5.41) is 14.2. The Bertz CT molecular complexity index is 1210. The van der Waals surface area contributed by atoms with Gasteiger partial charge in [0.1, 0.15) is 0 Å². The Kier molecular flexibility index (Phi) is 4.93. The largest absolute Gasteiger partial charge is 0.481 e. The van der Waals surface area contributed by atoms with Gasteiger partial charge in [0.05, 0.1) is 12.0 Å². The number of carbonyl (C=O) groups is 1. The summed E-state index contributed by atoms with van der Waals surface area (Å²) in [4.78, 5) is 18.2. The highest BCUT2D eigenvalue weighted by Gasteiger charge is 2.31. The van der Waals surface area contributed by atoms with Gasteiger partial charge in [-0.3, -0.25) is 14.7 Å². The average Bonchev–Trinajstić information content (AvgIpc) is 2.80. The maximum atomic E-state index is 11.5. The number of nitrogens with zero attached hydrogens (tertiary/aromatic N) is 2. The van der Waals surface area contributed by atoms with Gasteiger partial charge >= 0.3 is 5.97 Å². The van der Waals surface area contributed by atoms with Crippen LogP contribution in [0.25, 0.3) is 21.5 Å². The third kappa shape index (κ3) is 3.44. The number of benzene rings is 3. The van der Waals surface area contributed by atoms with Crippen LogP contribution in [0.1, 0.15) is 30.0 Å². The summed E-state index contributed by atoms with van der Waals surface area (Å²) in [5.74, 6) is -0.910. The molecule has 150 valence electrons. The fraction of sp³-hybridized carbons (Fsp3) is 0.231. The van der Waals surface area contributed by atoms with E-state index in [1.807, 2.05) is 12.4 Å². The Morgan fingerprint density at radius 3 is 2.57 bits per heavy atom. The summed E-state index contributed by atoms with van der Waals surface area (Å²) in [6.45, 7) is 1.55. The van der Waals surface area contributed by atoms with E-state index >= 15 is 0 Å². The molecule has 4 heteroatoms. The Morgan fingerprint density at radius 2 is 1.73 bits per heavy atom. The number of carboxylic acid groups (broad SMARTS) is 1. The topological polar surface area (TPSA) is 53.4 Å². The van der Waals surface area contributed by atoms with Crippen LogP contribution in [0, 0.1) is 5.92 Å². The Morgan fingerprint density at radius 1 is 0.933 bits per heavy atom. The molecular formula is C26H24N2O2. The highest BCUT2D eigenvalue weighted by Crippen LogP contribution is 2.37. The van der Waals surface area contributed by atoms with Gasteiger partial charge in [0.15, 0.2) is 0 Å². The van der Waals surface area contributed by atoms with Gasteiger partial charge in [-0.05, 0) is 65.3 Å². The summed E-state index contributed by atoms with van der Waals surface area (Å²) in [6.07, 6.45) is 5.10. The average molecular weight is 396 g/mol. The van der Waals surface area contributed by atoms with Crippen molar-refractivity contribution < 1.29 is 9.90 Å². The maximum Gasteiger partial charge on any atom is 0.306 e. The normalized spacial score (nSPS) is 16.7. The van der Waals surface area contributed by atoms with Crippen LogP contribution < -0.4 is 0 Å². The van der Waals surface area contributed by atoms with Crippen molar-refractivity contribution in [2.75, 3.05) is 13.1 Å². The zero-order valence-corrected chi connectivity index (χ0v) is 16.7. The quantitative estimate of drug-likeness (QED) is 0.510. The van der Waals surface area contributed by atoms with E-state index < -0.39 is 5.97 Å². The lowest BCUT2D eigenvalue weighted by Gasteiger charge is -2.37. The lowest BCUT2D eigenvalue weighted by molar-refractivity contribution is -0.143. The minimum absolute atomic E-state index is 0.0865. The first-order valence-corrected chi connectivity index (χ1v) is 10.5. The fourth-order valence-electron chi connectivity index (χ4n) is 4.75. The number of hydrogen-bond acceptors (Lipinski definition) is 3. The molecule has 0 amide bonds. The van der Waals surface area contributed by atoms with Crippen LogP contribution in [-0.4, -0.2) is 34.0 Å². The second-order valence-corrected chi connectivity index (χ2v) is 8.10. The third-order valence-electron chi connectivity index (χ3n) is 6.34. The molecule has 1 aliphatic heterocycles. The lowest BCUT2D eigenvalue weighted by atomic mass is 9.88. The van der Waals surface area contributed by atoms with E-state index in [1.54, 1.807) is 0 Å². The number of likely N-dealkylation sites (tertiary alicyclic amines) is 1. The molecule has 0 aliphatic carbocycles. The number of aromatic nitrogens is 1. The fourth-order valence-corrected chi connectivity index (χ4v) is 4.75. The SMILES string of the molecule is O=C(O)C1CCN(C(c2ccc3cnccc3c2)c2cccc3ccccc23)CC1. The minimum atomic E-state index is -0.672. The first-order chi connectivity index (χ1) is 14.7. The van der Waals surface area contributed by atoms with E-state index in [0.29, 0.717) is 12.8 Å². The molecule has 0 bridgehead atoms. The van der Waals surface area contributed by atoms with Crippen molar-refractivity contribution in [3.63, 3.8) is 0 Å². The zero-order valence-electron chi connectivity index (χ0n) is 16.7. The smallest absolute Gasteiger partial charge is 0.306 e. The highest BCUT2D eigenvalue weighted by molar-refractivity contribution is 5.87. The summed E-state index contributed by atoms with van der Waals surface area (Å²) in [5.41, 5.74) is 2.51. The van der Waals surface area contributed by atoms with E-state index in [2.05, 4.69) is 76.6 Å². The number of aliphatic carboxylic acids is 1. The van der Waals surface area contributed by atoms with E-state index in [1.165, 1.54) is 27.3 Å². The molecule has 1 atom stereocenters. The Balaban J connectivity index is 1.63. The molecule has 1 saturated heterocycles. The van der Waals surface area contributed by atoms with Crippen LogP contribution in [0.4, 0.5) is 0 Å². The van der Waals surface area contributed by atoms with Gasteiger partial charge < -0.3 is 5.11 Å². The highest BCUT2D eigenvalue weighted by atomic mass is 16.4. The molecule has 30 heavy (non-hydrogen) atoms. The second-order valence-electron chi connectivity index (χ2n) is 8.10. The van der Waals surface area contributed by atoms with Gasteiger partial charge in [-0.15, -0.1) is 0 Å². The predicted molar refractivity (Wildman–Crippen MR) is 119 cm³/mol. The summed E-state index contributed by atoms with van der Waals surface area (Å²) in [7, 11) is 0. The summed E-state index contributed by atoms with van der Waals surface area (Å²) < 4.78 is 0. The molecular weight excluding hydrogens is 372 g/mol. The van der Waals surface area contributed by atoms with Gasteiger partial charge in [0, 0.05) is 17.8 Å². The number of pyridine rings is 1. The molecule has 0 saturated carbocycles. The summed E-state index contributed by atoms with van der Waals surface area (Å²) >= 11 is 0. The van der Waals surface area contributed by atoms with Crippen molar-refractivity contribution >= 4 is 27.5 Å².